The van der Waals surface area contributed by atoms with E-state index in [1.807, 2.05) is 0 Å². The number of furan rings is 1. The summed E-state index contributed by atoms with van der Waals surface area (Å²) in [4.78, 5) is 0. The summed E-state index contributed by atoms with van der Waals surface area (Å²) in [5.41, 5.74) is -0.923. The van der Waals surface area contributed by atoms with E-state index >= 15 is 0 Å². The molecule has 1 heteroatoms. The largest absolute Gasteiger partial charge is 0.456 e. The first kappa shape index (κ1) is 11.3. The van der Waals surface area contributed by atoms with E-state index in [9.17, 15) is 2.74 Å². The molecule has 0 aliphatic carbocycles. The van der Waals surface area contributed by atoms with Crippen LogP contribution in [0.1, 0.15) is 21.9 Å². The second-order valence-electron chi connectivity index (χ2n) is 8.85. The van der Waals surface area contributed by atoms with Crippen LogP contribution in [0.4, 0.5) is 0 Å². The SMILES string of the molecule is [2H]c1c([2H])c([2H])c(-c2c([2H])c([2H])c([2H])c(-c3c4ccccc4c(-c4c([2H])c([2H])c([2H])c5oc6c([2H])c([2H])c([2H])c([2H])c6c45)c4ccccc34)c2[2H])c([2H])c1[2H]. The molecule has 0 unspecified atom stereocenters. The van der Waals surface area contributed by atoms with Gasteiger partial charge in [-0.2, -0.15) is 0 Å². The van der Waals surface area contributed by atoms with Crippen molar-refractivity contribution < 1.29 is 26.3 Å². The summed E-state index contributed by atoms with van der Waals surface area (Å²) in [5, 5.41) is 1.46. The lowest BCUT2D eigenvalue weighted by atomic mass is 9.84. The Bertz CT molecular complexity index is 2970. The van der Waals surface area contributed by atoms with Gasteiger partial charge in [0.25, 0.3) is 0 Å². The highest BCUT2D eigenvalue weighted by Gasteiger charge is 2.20. The maximum atomic E-state index is 9.48. The van der Waals surface area contributed by atoms with Gasteiger partial charge in [-0.15, -0.1) is 0 Å². The van der Waals surface area contributed by atoms with Crippen LogP contribution >= 0.6 is 0 Å². The molecule has 0 amide bonds. The molecule has 1 aromatic heterocycles. The Balaban J connectivity index is 1.60. The molecule has 39 heavy (non-hydrogen) atoms. The molecule has 8 aromatic rings. The maximum absolute atomic E-state index is 9.48. The minimum Gasteiger partial charge on any atom is -0.456 e. The molecule has 0 bridgehead atoms. The van der Waals surface area contributed by atoms with Gasteiger partial charge in [0, 0.05) is 10.8 Å². The van der Waals surface area contributed by atoms with Crippen molar-refractivity contribution in [3.63, 3.8) is 0 Å². The minimum atomic E-state index is -0.695. The van der Waals surface area contributed by atoms with E-state index in [1.165, 1.54) is 0 Å². The highest BCUT2D eigenvalue weighted by molar-refractivity contribution is 6.25. The molecule has 0 aliphatic heterocycles. The Hall–Kier alpha value is -5.14. The predicted octanol–water partition coefficient (Wildman–Crippen LogP) is 10.9. The topological polar surface area (TPSA) is 13.1 Å². The lowest BCUT2D eigenvalue weighted by Gasteiger charge is -2.18. The average molecular weight is 513 g/mol. The van der Waals surface area contributed by atoms with E-state index in [-0.39, 0.29) is 38.6 Å². The second-order valence-corrected chi connectivity index (χ2v) is 8.85. The van der Waals surface area contributed by atoms with Crippen LogP contribution < -0.4 is 0 Å². The van der Waals surface area contributed by atoms with Crippen LogP contribution in [-0.4, -0.2) is 0 Å². The van der Waals surface area contributed by atoms with Crippen molar-refractivity contribution in [2.45, 2.75) is 0 Å². The van der Waals surface area contributed by atoms with Gasteiger partial charge in [-0.25, -0.2) is 0 Å². The summed E-state index contributed by atoms with van der Waals surface area (Å²) in [6.07, 6.45) is 0. The van der Waals surface area contributed by atoms with E-state index in [4.69, 9.17) is 23.6 Å². The molecule has 182 valence electrons. The van der Waals surface area contributed by atoms with Gasteiger partial charge < -0.3 is 4.42 Å². The van der Waals surface area contributed by atoms with Crippen molar-refractivity contribution in [1.29, 1.82) is 0 Å². The first-order chi connectivity index (χ1) is 26.0. The number of hydrogen-bond acceptors (Lipinski definition) is 1. The first-order valence-corrected chi connectivity index (χ1v) is 12.1. The molecule has 7 aromatic carbocycles. The molecule has 1 heterocycles. The fraction of sp³-hybridized carbons (Fsp3) is 0. The lowest BCUT2D eigenvalue weighted by Crippen LogP contribution is -1.91. The van der Waals surface area contributed by atoms with Crippen molar-refractivity contribution >= 4 is 43.5 Å². The molecule has 1 nitrogen and oxygen atoms in total. The number of fused-ring (bicyclic) bond motifs is 5. The molecule has 8 rings (SSSR count). The van der Waals surface area contributed by atoms with Crippen LogP contribution in [0.15, 0.2) is 150 Å². The lowest BCUT2D eigenvalue weighted by molar-refractivity contribution is 0.669. The molecule has 0 atom stereocenters. The quantitative estimate of drug-likeness (QED) is 0.215. The third-order valence-corrected chi connectivity index (χ3v) is 6.75. The summed E-state index contributed by atoms with van der Waals surface area (Å²) in [6, 6.07) is 4.14. The van der Waals surface area contributed by atoms with E-state index in [1.54, 1.807) is 48.5 Å². The van der Waals surface area contributed by atoms with Gasteiger partial charge in [-0.3, -0.25) is 0 Å². The summed E-state index contributed by atoms with van der Waals surface area (Å²) in [6.45, 7) is 0. The zero-order valence-corrected chi connectivity index (χ0v) is 20.0. The van der Waals surface area contributed by atoms with E-state index in [2.05, 4.69) is 0 Å². The van der Waals surface area contributed by atoms with Crippen molar-refractivity contribution in [2.75, 3.05) is 0 Å². The molecular weight excluding hydrogens is 472 g/mol. The van der Waals surface area contributed by atoms with Crippen molar-refractivity contribution in [3.05, 3.63) is 145 Å². The van der Waals surface area contributed by atoms with Crippen LogP contribution in [0, 0.1) is 0 Å². The molecule has 0 N–H and O–H groups in total. The molecule has 0 fully saturated rings. The van der Waals surface area contributed by atoms with E-state index in [0.29, 0.717) is 27.1 Å². The predicted molar refractivity (Wildman–Crippen MR) is 165 cm³/mol. The number of rotatable bonds is 3. The standard InChI is InChI=1S/C38H24O/c1-2-12-25(13-3-1)26-14-10-15-27(24-26)36-28-16-4-6-18-30(28)37(31-19-7-5-17-29(31)36)33-21-11-23-35-38(33)32-20-8-9-22-34(32)39-35/h1-24H/i1D,2D,3D,8D,9D,10D,11D,12D,13D,14D,15D,20D,21D,22D,23D,24D. The highest BCUT2D eigenvalue weighted by atomic mass is 16.3. The van der Waals surface area contributed by atoms with Gasteiger partial charge in [0.15, 0.2) is 0 Å². The zero-order chi connectivity index (χ0) is 39.7. The minimum absolute atomic E-state index is 0.0221. The van der Waals surface area contributed by atoms with Gasteiger partial charge in [0.05, 0.1) is 21.9 Å². The van der Waals surface area contributed by atoms with E-state index < -0.39 is 108 Å². The van der Waals surface area contributed by atoms with Crippen LogP contribution in [0.2, 0.25) is 0 Å². The van der Waals surface area contributed by atoms with Crippen molar-refractivity contribution in [3.8, 4) is 33.4 Å². The summed E-state index contributed by atoms with van der Waals surface area (Å²) >= 11 is 0. The summed E-state index contributed by atoms with van der Waals surface area (Å²) < 4.78 is 145. The fourth-order valence-electron chi connectivity index (χ4n) is 5.18. The number of benzene rings is 7. The highest BCUT2D eigenvalue weighted by Crippen LogP contribution is 2.47. The average Bonchev–Trinajstić information content (AvgIpc) is 3.58. The smallest absolute Gasteiger partial charge is 0.136 e. The molecule has 0 saturated carbocycles. The normalized spacial score (nSPS) is 17.3. The van der Waals surface area contributed by atoms with Crippen LogP contribution in [0.5, 0.6) is 0 Å². The third kappa shape index (κ3) is 3.41. The van der Waals surface area contributed by atoms with Crippen LogP contribution in [0.3, 0.4) is 0 Å². The van der Waals surface area contributed by atoms with E-state index in [0.717, 1.165) is 0 Å². The van der Waals surface area contributed by atoms with Gasteiger partial charge in [0.2, 0.25) is 0 Å². The first-order valence-electron chi connectivity index (χ1n) is 20.1. The molecule has 0 aliphatic rings. The molecule has 0 spiro atoms. The molecule has 0 radical (unpaired) electrons. The summed E-state index contributed by atoms with van der Waals surface area (Å²) in [5.74, 6) is 0. The van der Waals surface area contributed by atoms with Crippen LogP contribution in [0.25, 0.3) is 76.9 Å². The Morgan fingerprint density at radius 3 is 1.74 bits per heavy atom. The second kappa shape index (κ2) is 8.72. The third-order valence-electron chi connectivity index (χ3n) is 6.75. The van der Waals surface area contributed by atoms with Gasteiger partial charge in [-0.05, 0) is 73.1 Å². The van der Waals surface area contributed by atoms with Crippen molar-refractivity contribution in [2.24, 2.45) is 0 Å². The number of para-hydroxylation sites is 1. The summed E-state index contributed by atoms with van der Waals surface area (Å²) in [7, 11) is 0. The Labute approximate surface area is 249 Å². The molecule has 0 saturated heterocycles. The molecular formula is C38H24O. The van der Waals surface area contributed by atoms with Crippen LogP contribution in [-0.2, 0) is 0 Å². The fourth-order valence-corrected chi connectivity index (χ4v) is 5.18. The Kier molecular flexibility index (Phi) is 2.53. The maximum Gasteiger partial charge on any atom is 0.136 e. The number of hydrogen-bond donors (Lipinski definition) is 0. The van der Waals surface area contributed by atoms with Gasteiger partial charge in [-0.1, -0.05) is 127 Å². The Morgan fingerprint density at radius 1 is 0.436 bits per heavy atom. The van der Waals surface area contributed by atoms with Crippen molar-refractivity contribution in [1.82, 2.24) is 0 Å². The zero-order valence-electron chi connectivity index (χ0n) is 36.0. The Morgan fingerprint density at radius 2 is 1.00 bits per heavy atom. The monoisotopic (exact) mass is 512 g/mol. The van der Waals surface area contributed by atoms with Gasteiger partial charge >= 0.3 is 0 Å². The van der Waals surface area contributed by atoms with Gasteiger partial charge in [0.1, 0.15) is 11.2 Å².